The zero-order valence-corrected chi connectivity index (χ0v) is 42.2. The highest BCUT2D eigenvalue weighted by Crippen LogP contribution is 2.64. The highest BCUT2D eigenvalue weighted by molar-refractivity contribution is 6.30. The second kappa shape index (κ2) is 18.5. The number of aromatic nitrogens is 1. The molecule has 390 valence electrons. The standard InChI is InChI=1S/C56H54ClF4N7O7/c1-30-27-67(52(74)47-45(35-13-6-14-37(57)46(35)58)55(54(65-47)21-19-53(2,3)20-22-54)29-63-38-25-42(56(59,60)61)62-26-36(38)55)39-16-15-33(24-41(39)75-30)49(71)66-23-7-9-31(28-66)8-4-10-32-11-5-12-34-44(32)51(73)68(50(34)72)40-17-18-43(69)64-48(40)70/h5-6,11-16,24-26,30-31,40,45,47,63,65H,7-9,17-23,27-29H2,1-3H3,(H,64,69,70)/t30-,31-,40+,45+,47-,55-/m1/s1. The minimum atomic E-state index is -4.71. The number of rotatable bonds is 5. The summed E-state index contributed by atoms with van der Waals surface area (Å²) in [7, 11) is 0. The number of hydrogen-bond acceptors (Lipinski definition) is 10. The van der Waals surface area contributed by atoms with Crippen LogP contribution in [0, 0.1) is 29.0 Å². The van der Waals surface area contributed by atoms with Crippen molar-refractivity contribution in [1.29, 1.82) is 0 Å². The molecule has 1 saturated carbocycles. The lowest BCUT2D eigenvalue weighted by atomic mass is 9.54. The maximum atomic E-state index is 16.8. The number of piperidine rings is 2. The van der Waals surface area contributed by atoms with E-state index in [-0.39, 0.29) is 70.6 Å². The highest BCUT2D eigenvalue weighted by Gasteiger charge is 2.69. The van der Waals surface area contributed by atoms with Crippen LogP contribution in [0.25, 0.3) is 0 Å². The lowest BCUT2D eigenvalue weighted by molar-refractivity contribution is -0.141. The van der Waals surface area contributed by atoms with Crippen molar-refractivity contribution in [3.8, 4) is 17.6 Å². The maximum Gasteiger partial charge on any atom is 0.433 e. The van der Waals surface area contributed by atoms with Gasteiger partial charge in [0.25, 0.3) is 17.7 Å². The molecule has 3 saturated heterocycles. The number of ether oxygens (including phenoxy) is 1. The van der Waals surface area contributed by atoms with Gasteiger partial charge in [-0.1, -0.05) is 55.5 Å². The number of imide groups is 2. The van der Waals surface area contributed by atoms with Crippen molar-refractivity contribution in [2.24, 2.45) is 11.3 Å². The van der Waals surface area contributed by atoms with Crippen LogP contribution in [0.15, 0.2) is 66.9 Å². The predicted molar refractivity (Wildman–Crippen MR) is 268 cm³/mol. The summed E-state index contributed by atoms with van der Waals surface area (Å²) < 4.78 is 65.5. The molecule has 0 radical (unpaired) electrons. The molecule has 3 aromatic carbocycles. The molecule has 14 nitrogen and oxygen atoms in total. The maximum absolute atomic E-state index is 16.8. The largest absolute Gasteiger partial charge is 0.487 e. The van der Waals surface area contributed by atoms with Crippen molar-refractivity contribution >= 4 is 58.4 Å². The fourth-order valence-electron chi connectivity index (χ4n) is 13.1. The van der Waals surface area contributed by atoms with Crippen LogP contribution in [-0.4, -0.2) is 100 Å². The molecule has 6 amide bonds. The number of halogens is 5. The van der Waals surface area contributed by atoms with Gasteiger partial charge >= 0.3 is 6.18 Å². The number of pyridine rings is 1. The van der Waals surface area contributed by atoms with Crippen molar-refractivity contribution in [1.82, 2.24) is 25.4 Å². The summed E-state index contributed by atoms with van der Waals surface area (Å²) in [5.41, 5.74) is -0.982. The van der Waals surface area contributed by atoms with Gasteiger partial charge in [-0.15, -0.1) is 0 Å². The Morgan fingerprint density at radius 2 is 1.73 bits per heavy atom. The molecule has 7 aliphatic rings. The van der Waals surface area contributed by atoms with Crippen molar-refractivity contribution in [3.63, 3.8) is 0 Å². The van der Waals surface area contributed by atoms with Gasteiger partial charge in [0.2, 0.25) is 17.7 Å². The summed E-state index contributed by atoms with van der Waals surface area (Å²) in [4.78, 5) is 89.6. The number of anilines is 2. The summed E-state index contributed by atoms with van der Waals surface area (Å²) in [6, 6.07) is 13.2. The first-order chi connectivity index (χ1) is 35.7. The van der Waals surface area contributed by atoms with Crippen LogP contribution in [0.2, 0.25) is 5.02 Å². The number of nitrogens with one attached hydrogen (secondary N) is 3. The van der Waals surface area contributed by atoms with E-state index >= 15 is 9.18 Å². The minimum absolute atomic E-state index is 0.00408. The summed E-state index contributed by atoms with van der Waals surface area (Å²) in [6.07, 6.45) is 0.453. The van der Waals surface area contributed by atoms with Crippen LogP contribution >= 0.6 is 11.6 Å². The van der Waals surface area contributed by atoms with Crippen LogP contribution < -0.4 is 25.6 Å². The number of alkyl halides is 3. The Balaban J connectivity index is 0.856. The Morgan fingerprint density at radius 1 is 0.960 bits per heavy atom. The molecule has 0 unspecified atom stereocenters. The van der Waals surface area contributed by atoms with Gasteiger partial charge in [-0.3, -0.25) is 49.3 Å². The molecular formula is C56H54ClF4N7O7. The Bertz CT molecular complexity index is 3180. The highest BCUT2D eigenvalue weighted by atomic mass is 35.5. The minimum Gasteiger partial charge on any atom is -0.487 e. The molecule has 1 aliphatic carbocycles. The van der Waals surface area contributed by atoms with E-state index in [2.05, 4.69) is 46.6 Å². The third kappa shape index (κ3) is 8.41. The lowest BCUT2D eigenvalue weighted by Gasteiger charge is -2.51. The van der Waals surface area contributed by atoms with Gasteiger partial charge in [0.1, 0.15) is 29.4 Å². The van der Waals surface area contributed by atoms with E-state index in [1.54, 1.807) is 52.3 Å². The monoisotopic (exact) mass is 1050 g/mol. The van der Waals surface area contributed by atoms with Crippen LogP contribution in [0.3, 0.4) is 0 Å². The average molecular weight is 1050 g/mol. The Morgan fingerprint density at radius 3 is 2.49 bits per heavy atom. The number of fused-ring (bicyclic) bond motifs is 5. The van der Waals surface area contributed by atoms with E-state index in [0.717, 1.165) is 30.2 Å². The number of carbonyl (C=O) groups is 6. The van der Waals surface area contributed by atoms with Crippen LogP contribution in [0.1, 0.15) is 138 Å². The quantitative estimate of drug-likeness (QED) is 0.101. The number of nitrogens with zero attached hydrogens (tertiary/aromatic N) is 4. The average Bonchev–Trinajstić information content (AvgIpc) is 3.99. The summed E-state index contributed by atoms with van der Waals surface area (Å²) in [5.74, 6) is 1.77. The fourth-order valence-corrected chi connectivity index (χ4v) is 13.2. The van der Waals surface area contributed by atoms with E-state index in [1.807, 2.05) is 6.92 Å². The second-order valence-corrected chi connectivity index (χ2v) is 22.3. The van der Waals surface area contributed by atoms with Gasteiger partial charge in [0, 0.05) is 77.9 Å². The molecule has 1 aromatic heterocycles. The molecule has 11 rings (SSSR count). The summed E-state index contributed by atoms with van der Waals surface area (Å²) in [5, 5.41) is 9.09. The third-order valence-corrected chi connectivity index (χ3v) is 17.1. The normalized spacial score (nSPS) is 26.5. The van der Waals surface area contributed by atoms with Crippen molar-refractivity contribution in [2.45, 2.75) is 120 Å². The van der Waals surface area contributed by atoms with Crippen LogP contribution in [0.5, 0.6) is 5.75 Å². The fraction of sp³-hybridized carbons (Fsp3) is 0.446. The Labute approximate surface area is 435 Å². The van der Waals surface area contributed by atoms with Crippen LogP contribution in [-0.2, 0) is 26.0 Å². The molecule has 2 spiro atoms. The first-order valence-electron chi connectivity index (χ1n) is 25.5. The number of carbonyl (C=O) groups excluding carboxylic acids is 6. The molecule has 0 bridgehead atoms. The molecule has 3 N–H and O–H groups in total. The Kier molecular flexibility index (Phi) is 12.4. The Hall–Kier alpha value is -6.84. The molecule has 19 heteroatoms. The third-order valence-electron chi connectivity index (χ3n) is 16.8. The summed E-state index contributed by atoms with van der Waals surface area (Å²) in [6.45, 7) is 7.23. The smallest absolute Gasteiger partial charge is 0.433 e. The van der Waals surface area contributed by atoms with Gasteiger partial charge in [0.15, 0.2) is 0 Å². The van der Waals surface area contributed by atoms with Crippen molar-refractivity contribution in [3.05, 3.63) is 117 Å². The van der Waals surface area contributed by atoms with Gasteiger partial charge in [-0.05, 0) is 111 Å². The van der Waals surface area contributed by atoms with Crippen LogP contribution in [0.4, 0.5) is 28.9 Å². The van der Waals surface area contributed by atoms with Gasteiger partial charge in [-0.2, -0.15) is 13.2 Å². The molecule has 6 aliphatic heterocycles. The number of benzene rings is 3. The molecular weight excluding hydrogens is 994 g/mol. The summed E-state index contributed by atoms with van der Waals surface area (Å²) >= 11 is 6.51. The number of amides is 6. The van der Waals surface area contributed by atoms with E-state index in [9.17, 15) is 37.1 Å². The molecule has 4 fully saturated rings. The number of likely N-dealkylation sites (tertiary alicyclic amines) is 1. The van der Waals surface area contributed by atoms with E-state index in [0.29, 0.717) is 66.9 Å². The topological polar surface area (TPSA) is 170 Å². The number of hydrogen-bond donors (Lipinski definition) is 3. The first kappa shape index (κ1) is 50.3. The predicted octanol–water partition coefficient (Wildman–Crippen LogP) is 8.16. The van der Waals surface area contributed by atoms with Gasteiger partial charge < -0.3 is 19.9 Å². The van der Waals surface area contributed by atoms with Crippen molar-refractivity contribution in [2.75, 3.05) is 36.4 Å². The van der Waals surface area contributed by atoms with Crippen molar-refractivity contribution < 1.29 is 51.1 Å². The first-order valence-corrected chi connectivity index (χ1v) is 25.9. The van der Waals surface area contributed by atoms with E-state index in [4.69, 9.17) is 16.3 Å². The molecule has 4 aromatic rings. The molecule has 75 heavy (non-hydrogen) atoms. The molecule has 7 heterocycles. The van der Waals surface area contributed by atoms with Gasteiger partial charge in [-0.25, -0.2) is 4.39 Å². The zero-order valence-electron chi connectivity index (χ0n) is 41.5. The van der Waals surface area contributed by atoms with E-state index in [1.165, 1.54) is 18.3 Å². The lowest BCUT2D eigenvalue weighted by Crippen LogP contribution is -2.60. The second-order valence-electron chi connectivity index (χ2n) is 21.9. The zero-order chi connectivity index (χ0) is 52.9. The SMILES string of the molecule is C[C@@H]1CN(C(=O)[C@@H]2NC3(CCC(C)(C)CC3)[C@@]3(CNc4cc(C(F)(F)F)ncc43)[C@H]2c2cccc(Cl)c2F)c2ccc(C(=O)N3CCC[C@@H](CC#Cc4cccc5c4C(=O)N([C@H]4CCC(=O)NC4=O)C5=O)C3)cc2O1. The molecule has 6 atom stereocenters. The van der Waals surface area contributed by atoms with E-state index < -0.39 is 82.3 Å². The van der Waals surface area contributed by atoms with Gasteiger partial charge in [0.05, 0.1) is 34.4 Å².